The van der Waals surface area contributed by atoms with E-state index >= 15 is 0 Å². The van der Waals surface area contributed by atoms with Gasteiger partial charge in [0.25, 0.3) is 17.7 Å². The number of nitrogens with two attached hydrogens (primary N) is 1. The first-order valence-electron chi connectivity index (χ1n) is 9.10. The molecule has 2 aromatic rings. The van der Waals surface area contributed by atoms with E-state index in [1.807, 2.05) is 5.32 Å². The largest absolute Gasteiger partial charge is 0.448 e. The molecule has 1 aliphatic rings. The van der Waals surface area contributed by atoms with Crippen molar-refractivity contribution in [1.82, 2.24) is 5.32 Å². The van der Waals surface area contributed by atoms with Crippen LogP contribution in [-0.4, -0.2) is 35.8 Å². The van der Waals surface area contributed by atoms with Crippen LogP contribution in [0.25, 0.3) is 0 Å². The van der Waals surface area contributed by atoms with Crippen LogP contribution in [0.3, 0.4) is 0 Å². The third-order valence-corrected chi connectivity index (χ3v) is 4.50. The minimum Gasteiger partial charge on any atom is -0.448 e. The van der Waals surface area contributed by atoms with Crippen LogP contribution in [0.5, 0.6) is 0 Å². The van der Waals surface area contributed by atoms with E-state index < -0.39 is 41.7 Å². The summed E-state index contributed by atoms with van der Waals surface area (Å²) in [6.45, 7) is 3.29. The molecular formula is C21H19N3O6. The van der Waals surface area contributed by atoms with Crippen LogP contribution >= 0.6 is 0 Å². The van der Waals surface area contributed by atoms with Gasteiger partial charge in [-0.15, -0.1) is 0 Å². The molecule has 0 bridgehead atoms. The molecule has 9 nitrogen and oxygen atoms in total. The van der Waals surface area contributed by atoms with Gasteiger partial charge in [0.1, 0.15) is 0 Å². The van der Waals surface area contributed by atoms with E-state index in [9.17, 15) is 24.0 Å². The van der Waals surface area contributed by atoms with Gasteiger partial charge in [-0.25, -0.2) is 14.5 Å². The number of imide groups is 2. The minimum atomic E-state index is -1.22. The molecule has 2 aromatic carbocycles. The lowest BCUT2D eigenvalue weighted by Gasteiger charge is -2.20. The lowest BCUT2D eigenvalue weighted by atomic mass is 10.1. The van der Waals surface area contributed by atoms with Gasteiger partial charge in [-0.3, -0.25) is 19.7 Å². The second kappa shape index (κ2) is 8.16. The van der Waals surface area contributed by atoms with Crippen LogP contribution in [0.1, 0.15) is 44.9 Å². The van der Waals surface area contributed by atoms with Crippen LogP contribution in [0.2, 0.25) is 0 Å². The Kier molecular flexibility index (Phi) is 5.63. The van der Waals surface area contributed by atoms with Crippen LogP contribution < -0.4 is 16.0 Å². The average molecular weight is 409 g/mol. The minimum absolute atomic E-state index is 0.105. The molecule has 3 N–H and O–H groups in total. The molecule has 0 fully saturated rings. The molecule has 1 atom stereocenters. The van der Waals surface area contributed by atoms with Crippen molar-refractivity contribution in [2.45, 2.75) is 20.0 Å². The van der Waals surface area contributed by atoms with Gasteiger partial charge in [0.05, 0.1) is 22.4 Å². The Morgan fingerprint density at radius 2 is 1.47 bits per heavy atom. The van der Waals surface area contributed by atoms with Crippen molar-refractivity contribution in [3.8, 4) is 0 Å². The summed E-state index contributed by atoms with van der Waals surface area (Å²) in [7, 11) is 0. The zero-order valence-corrected chi connectivity index (χ0v) is 16.2. The van der Waals surface area contributed by atoms with Gasteiger partial charge in [-0.2, -0.15) is 0 Å². The second-order valence-corrected chi connectivity index (χ2v) is 6.96. The number of primary amides is 1. The Labute approximate surface area is 171 Å². The summed E-state index contributed by atoms with van der Waals surface area (Å²) >= 11 is 0. The highest BCUT2D eigenvalue weighted by Gasteiger charge is 2.36. The smallest absolute Gasteiger partial charge is 0.338 e. The van der Waals surface area contributed by atoms with Crippen molar-refractivity contribution in [3.63, 3.8) is 0 Å². The van der Waals surface area contributed by atoms with Crippen LogP contribution in [0.15, 0.2) is 48.5 Å². The zero-order valence-electron chi connectivity index (χ0n) is 16.2. The van der Waals surface area contributed by atoms with Crippen LogP contribution in [0, 0.1) is 5.92 Å². The summed E-state index contributed by atoms with van der Waals surface area (Å²) in [5, 5.41) is 1.89. The molecule has 154 valence electrons. The molecule has 9 heteroatoms. The molecule has 30 heavy (non-hydrogen) atoms. The summed E-state index contributed by atoms with van der Waals surface area (Å²) in [6, 6.07) is 11.1. The van der Waals surface area contributed by atoms with Gasteiger partial charge in [-0.1, -0.05) is 26.0 Å². The number of carbonyl (C=O) groups excluding carboxylic acids is 5. The lowest BCUT2D eigenvalue weighted by Crippen LogP contribution is -2.45. The van der Waals surface area contributed by atoms with E-state index in [1.165, 1.54) is 24.3 Å². The normalized spacial score (nSPS) is 13.8. The standard InChI is InChI=1S/C21H19N3O6/c1-11(2)16(17(25)23-21(22)29)30-20(28)12-7-9-13(10-8-12)24-18(26)14-5-3-4-6-15(14)19(24)27/h3-11,16H,1-2H3,(H3,22,23,25,29)/t16-/m0/s1. The summed E-state index contributed by atoms with van der Waals surface area (Å²) in [4.78, 5) is 61.4. The predicted octanol–water partition coefficient (Wildman–Crippen LogP) is 1.86. The Morgan fingerprint density at radius 3 is 1.93 bits per heavy atom. The quantitative estimate of drug-likeness (QED) is 0.571. The Balaban J connectivity index is 1.76. The molecule has 1 heterocycles. The summed E-state index contributed by atoms with van der Waals surface area (Å²) in [6.07, 6.45) is -1.22. The topological polar surface area (TPSA) is 136 Å². The number of urea groups is 1. The van der Waals surface area contributed by atoms with Crippen molar-refractivity contribution < 1.29 is 28.7 Å². The third-order valence-electron chi connectivity index (χ3n) is 4.50. The van der Waals surface area contributed by atoms with Gasteiger partial charge in [-0.05, 0) is 42.3 Å². The number of esters is 1. The van der Waals surface area contributed by atoms with Crippen molar-refractivity contribution in [2.75, 3.05) is 4.90 Å². The lowest BCUT2D eigenvalue weighted by molar-refractivity contribution is -0.130. The van der Waals surface area contributed by atoms with E-state index in [1.54, 1.807) is 38.1 Å². The molecule has 3 rings (SSSR count). The number of anilines is 1. The fraction of sp³-hybridized carbons (Fsp3) is 0.190. The fourth-order valence-electron chi connectivity index (χ4n) is 3.04. The maximum Gasteiger partial charge on any atom is 0.338 e. The molecule has 0 saturated carbocycles. The second-order valence-electron chi connectivity index (χ2n) is 6.96. The first kappa shape index (κ1) is 20.7. The average Bonchev–Trinajstić information content (AvgIpc) is 2.96. The van der Waals surface area contributed by atoms with E-state index in [0.29, 0.717) is 16.8 Å². The van der Waals surface area contributed by atoms with E-state index in [2.05, 4.69) is 0 Å². The summed E-state index contributed by atoms with van der Waals surface area (Å²) in [5.41, 5.74) is 5.96. The van der Waals surface area contributed by atoms with Gasteiger partial charge in [0.2, 0.25) is 0 Å². The van der Waals surface area contributed by atoms with E-state index in [4.69, 9.17) is 10.5 Å². The SMILES string of the molecule is CC(C)[C@H](OC(=O)c1ccc(N2C(=O)c3ccccc3C2=O)cc1)C(=O)NC(N)=O. The highest BCUT2D eigenvalue weighted by atomic mass is 16.5. The van der Waals surface area contributed by atoms with E-state index in [-0.39, 0.29) is 5.56 Å². The Bertz CT molecular complexity index is 1010. The number of nitrogens with zero attached hydrogens (tertiary/aromatic N) is 1. The Hall–Kier alpha value is -4.01. The van der Waals surface area contributed by atoms with Crippen molar-refractivity contribution in [3.05, 3.63) is 65.2 Å². The highest BCUT2D eigenvalue weighted by Crippen LogP contribution is 2.28. The van der Waals surface area contributed by atoms with E-state index in [0.717, 1.165) is 4.90 Å². The predicted molar refractivity (Wildman–Crippen MR) is 106 cm³/mol. The molecule has 0 aliphatic carbocycles. The van der Waals surface area contributed by atoms with Crippen molar-refractivity contribution in [2.24, 2.45) is 11.7 Å². The maximum absolute atomic E-state index is 12.5. The first-order valence-corrected chi connectivity index (χ1v) is 9.10. The number of amides is 5. The molecular weight excluding hydrogens is 390 g/mol. The molecule has 1 aliphatic heterocycles. The number of hydrogen-bond acceptors (Lipinski definition) is 6. The Morgan fingerprint density at radius 1 is 0.933 bits per heavy atom. The summed E-state index contributed by atoms with van der Waals surface area (Å²) in [5.74, 6) is -2.94. The zero-order chi connectivity index (χ0) is 22.0. The number of hydrogen-bond donors (Lipinski definition) is 2. The monoisotopic (exact) mass is 409 g/mol. The fourth-order valence-corrected chi connectivity index (χ4v) is 3.04. The number of rotatable bonds is 5. The van der Waals surface area contributed by atoms with Crippen LogP contribution in [-0.2, 0) is 9.53 Å². The van der Waals surface area contributed by atoms with Gasteiger partial charge >= 0.3 is 12.0 Å². The van der Waals surface area contributed by atoms with Gasteiger partial charge in [0, 0.05) is 0 Å². The number of fused-ring (bicyclic) bond motifs is 1. The van der Waals surface area contributed by atoms with Gasteiger partial charge < -0.3 is 10.5 Å². The highest BCUT2D eigenvalue weighted by molar-refractivity contribution is 6.34. The molecule has 0 unspecified atom stereocenters. The molecule has 5 amide bonds. The first-order chi connectivity index (χ1) is 14.2. The molecule has 0 spiro atoms. The van der Waals surface area contributed by atoms with Crippen molar-refractivity contribution in [1.29, 1.82) is 0 Å². The van der Waals surface area contributed by atoms with Crippen molar-refractivity contribution >= 4 is 35.4 Å². The summed E-state index contributed by atoms with van der Waals surface area (Å²) < 4.78 is 5.21. The number of ether oxygens (including phenoxy) is 1. The van der Waals surface area contributed by atoms with Crippen LogP contribution in [0.4, 0.5) is 10.5 Å². The number of nitrogens with one attached hydrogen (secondary N) is 1. The third kappa shape index (κ3) is 3.90. The molecule has 0 aromatic heterocycles. The number of benzene rings is 2. The van der Waals surface area contributed by atoms with Gasteiger partial charge in [0.15, 0.2) is 6.10 Å². The number of carbonyl (C=O) groups is 5. The maximum atomic E-state index is 12.5. The molecule has 0 saturated heterocycles. The molecule has 0 radical (unpaired) electrons.